The number of aromatic amines is 2. The highest BCUT2D eigenvalue weighted by Gasteiger charge is 2.17. The van der Waals surface area contributed by atoms with E-state index in [-0.39, 0.29) is 0 Å². The number of nitrogens with one attached hydrogen (secondary N) is 2. The average Bonchev–Trinajstić information content (AvgIpc) is 3.74. The molecule has 1 saturated heterocycles. The van der Waals surface area contributed by atoms with E-state index in [9.17, 15) is 0 Å². The molecule has 0 unspecified atom stereocenters. The van der Waals surface area contributed by atoms with Crippen LogP contribution in [0.25, 0.3) is 55.3 Å². The number of thiophene rings is 1. The number of nitrogens with zero attached hydrogens (tertiary/aromatic N) is 6. The minimum Gasteiger partial charge on any atom is -0.491 e. The highest BCUT2D eigenvalue weighted by molar-refractivity contribution is 7.15. The first-order chi connectivity index (χ1) is 18.7. The second-order valence-electron chi connectivity index (χ2n) is 9.55. The minimum atomic E-state index is 0.622. The third-order valence-electron chi connectivity index (χ3n) is 6.97. The molecule has 0 aromatic carbocycles. The van der Waals surface area contributed by atoms with Crippen molar-refractivity contribution in [2.75, 3.05) is 26.2 Å². The summed E-state index contributed by atoms with van der Waals surface area (Å²) in [6, 6.07) is 10.4. The molecule has 0 atom stereocenters. The van der Waals surface area contributed by atoms with Crippen LogP contribution in [0.1, 0.15) is 17.7 Å². The van der Waals surface area contributed by atoms with Crippen LogP contribution in [-0.4, -0.2) is 66.3 Å². The number of hydrogen-bond donors (Lipinski definition) is 2. The topological polar surface area (TPSA) is 108 Å². The molecular weight excluding hydrogens is 496 g/mol. The van der Waals surface area contributed by atoms with Crippen LogP contribution in [0.4, 0.5) is 0 Å². The van der Waals surface area contributed by atoms with Gasteiger partial charge in [0.2, 0.25) is 0 Å². The van der Waals surface area contributed by atoms with Gasteiger partial charge in [-0.2, -0.15) is 5.10 Å². The molecule has 0 aliphatic carbocycles. The summed E-state index contributed by atoms with van der Waals surface area (Å²) in [4.78, 5) is 26.6. The predicted octanol–water partition coefficient (Wildman–Crippen LogP) is 5.47. The quantitative estimate of drug-likeness (QED) is 0.286. The van der Waals surface area contributed by atoms with E-state index < -0.39 is 0 Å². The van der Waals surface area contributed by atoms with Crippen molar-refractivity contribution in [2.24, 2.45) is 0 Å². The molecule has 9 nitrogen and oxygen atoms in total. The van der Waals surface area contributed by atoms with Gasteiger partial charge in [0.1, 0.15) is 18.1 Å². The van der Waals surface area contributed by atoms with E-state index in [2.05, 4.69) is 60.2 Å². The third-order valence-corrected chi connectivity index (χ3v) is 8.00. The van der Waals surface area contributed by atoms with Gasteiger partial charge in [0, 0.05) is 51.6 Å². The normalized spacial score (nSPS) is 14.1. The number of aryl methyl sites for hydroxylation is 1. The van der Waals surface area contributed by atoms with E-state index in [1.165, 1.54) is 22.6 Å². The highest BCUT2D eigenvalue weighted by Crippen LogP contribution is 2.34. The first kappa shape index (κ1) is 23.0. The number of H-pyrrole nitrogens is 2. The second-order valence-corrected chi connectivity index (χ2v) is 10.8. The van der Waals surface area contributed by atoms with E-state index >= 15 is 0 Å². The van der Waals surface area contributed by atoms with Crippen molar-refractivity contribution in [1.82, 2.24) is 40.0 Å². The Balaban J connectivity index is 1.20. The van der Waals surface area contributed by atoms with Crippen molar-refractivity contribution < 1.29 is 4.74 Å². The second kappa shape index (κ2) is 9.62. The zero-order chi connectivity index (χ0) is 25.5. The van der Waals surface area contributed by atoms with Gasteiger partial charge in [0.05, 0.1) is 17.1 Å². The van der Waals surface area contributed by atoms with Crippen LogP contribution in [0.3, 0.4) is 0 Å². The first-order valence-corrected chi connectivity index (χ1v) is 13.6. The Morgan fingerprint density at radius 1 is 1.00 bits per heavy atom. The largest absolute Gasteiger partial charge is 0.491 e. The highest BCUT2D eigenvalue weighted by atomic mass is 32.1. The monoisotopic (exact) mass is 522 g/mol. The number of rotatable bonds is 7. The van der Waals surface area contributed by atoms with Crippen LogP contribution in [0, 0.1) is 6.92 Å². The van der Waals surface area contributed by atoms with Crippen LogP contribution < -0.4 is 4.74 Å². The van der Waals surface area contributed by atoms with Gasteiger partial charge in [-0.05, 0) is 63.2 Å². The predicted molar refractivity (Wildman–Crippen MR) is 149 cm³/mol. The Morgan fingerprint density at radius 3 is 2.76 bits per heavy atom. The number of likely N-dealkylation sites (tertiary alicyclic amines) is 1. The van der Waals surface area contributed by atoms with Crippen molar-refractivity contribution in [3.8, 4) is 38.8 Å². The molecule has 6 aromatic heterocycles. The molecule has 38 heavy (non-hydrogen) atoms. The Kier molecular flexibility index (Phi) is 5.82. The summed E-state index contributed by atoms with van der Waals surface area (Å²) in [7, 11) is 0. The average molecular weight is 523 g/mol. The molecule has 1 fully saturated rings. The summed E-state index contributed by atoms with van der Waals surface area (Å²) in [5.41, 5.74) is 5.91. The zero-order valence-corrected chi connectivity index (χ0v) is 21.8. The summed E-state index contributed by atoms with van der Waals surface area (Å²) < 4.78 is 6.01. The van der Waals surface area contributed by atoms with Gasteiger partial charge >= 0.3 is 0 Å². The fraction of sp³-hybridized carbons (Fsp3) is 0.250. The van der Waals surface area contributed by atoms with E-state index in [0.29, 0.717) is 23.7 Å². The molecule has 0 bridgehead atoms. The summed E-state index contributed by atoms with van der Waals surface area (Å²) in [6.07, 6.45) is 9.77. The maximum absolute atomic E-state index is 6.01. The van der Waals surface area contributed by atoms with E-state index in [1.54, 1.807) is 23.7 Å². The Labute approximate surface area is 223 Å². The number of ether oxygens (including phenoxy) is 1. The van der Waals surface area contributed by atoms with Gasteiger partial charge in [-0.15, -0.1) is 11.3 Å². The van der Waals surface area contributed by atoms with Crippen molar-refractivity contribution in [2.45, 2.75) is 19.8 Å². The van der Waals surface area contributed by atoms with Crippen molar-refractivity contribution >= 4 is 33.5 Å². The minimum absolute atomic E-state index is 0.622. The van der Waals surface area contributed by atoms with E-state index in [1.807, 2.05) is 24.5 Å². The summed E-state index contributed by atoms with van der Waals surface area (Å²) >= 11 is 1.75. The lowest BCUT2D eigenvalue weighted by molar-refractivity contribution is 0.237. The Bertz CT molecular complexity index is 1750. The van der Waals surface area contributed by atoms with Crippen molar-refractivity contribution in [1.29, 1.82) is 0 Å². The molecule has 7 heterocycles. The molecule has 6 aromatic rings. The number of pyridine rings is 3. The Hall–Kier alpha value is -4.15. The lowest BCUT2D eigenvalue weighted by Gasteiger charge is -2.15. The summed E-state index contributed by atoms with van der Waals surface area (Å²) in [6.45, 7) is 6.03. The van der Waals surface area contributed by atoms with Gasteiger partial charge < -0.3 is 9.72 Å². The molecular formula is C28H26N8OS. The maximum Gasteiger partial charge on any atom is 0.181 e. The lowest BCUT2D eigenvalue weighted by atomic mass is 10.1. The lowest BCUT2D eigenvalue weighted by Crippen LogP contribution is -2.25. The van der Waals surface area contributed by atoms with Gasteiger partial charge in [0.25, 0.3) is 0 Å². The first-order valence-electron chi connectivity index (χ1n) is 12.8. The fourth-order valence-electron chi connectivity index (χ4n) is 5.01. The molecule has 0 saturated carbocycles. The van der Waals surface area contributed by atoms with Crippen LogP contribution in [0.5, 0.6) is 5.75 Å². The molecule has 190 valence electrons. The van der Waals surface area contributed by atoms with Crippen LogP contribution in [-0.2, 0) is 0 Å². The molecule has 1 aliphatic rings. The fourth-order valence-corrected chi connectivity index (χ4v) is 5.91. The standard InChI is InChI=1S/C28H26N8OS/c1-17-4-5-23(38-17)21-6-7-30-27-24(21)32-28(33-27)25-22-13-19(15-31-26(22)35-34-25)18-12-20(16-29-14-18)37-11-10-36-8-2-3-9-36/h4-7,12-16H,2-3,8-11H2,1H3,(H,30,32,33)(H,31,34,35). The van der Waals surface area contributed by atoms with Gasteiger partial charge in [-0.1, -0.05) is 0 Å². The number of fused-ring (bicyclic) bond motifs is 2. The molecule has 0 spiro atoms. The molecule has 7 rings (SSSR count). The maximum atomic E-state index is 6.01. The Morgan fingerprint density at radius 2 is 1.89 bits per heavy atom. The van der Waals surface area contributed by atoms with Crippen LogP contribution >= 0.6 is 11.3 Å². The SMILES string of the molecule is Cc1ccc(-c2ccnc3nc(-c4[nH]nc5ncc(-c6cncc(OCCN7CCCC7)c6)cc45)[nH]c23)s1. The summed E-state index contributed by atoms with van der Waals surface area (Å²) in [5.74, 6) is 1.43. The smallest absolute Gasteiger partial charge is 0.181 e. The van der Waals surface area contributed by atoms with Crippen LogP contribution in [0.15, 0.2) is 55.1 Å². The zero-order valence-electron chi connectivity index (χ0n) is 20.9. The number of aromatic nitrogens is 7. The van der Waals surface area contributed by atoms with Gasteiger partial charge in [-0.25, -0.2) is 15.0 Å². The van der Waals surface area contributed by atoms with E-state index in [4.69, 9.17) is 9.72 Å². The van der Waals surface area contributed by atoms with E-state index in [0.717, 1.165) is 58.7 Å². The van der Waals surface area contributed by atoms with Gasteiger partial charge in [-0.3, -0.25) is 15.0 Å². The molecule has 2 N–H and O–H groups in total. The molecule has 0 amide bonds. The molecule has 10 heteroatoms. The molecule has 1 aliphatic heterocycles. The van der Waals surface area contributed by atoms with Crippen LogP contribution in [0.2, 0.25) is 0 Å². The number of imidazole rings is 1. The molecule has 0 radical (unpaired) electrons. The third kappa shape index (κ3) is 4.31. The summed E-state index contributed by atoms with van der Waals surface area (Å²) in [5, 5.41) is 8.41. The number of hydrogen-bond acceptors (Lipinski definition) is 8. The van der Waals surface area contributed by atoms with Crippen molar-refractivity contribution in [3.05, 3.63) is 60.0 Å². The van der Waals surface area contributed by atoms with Gasteiger partial charge in [0.15, 0.2) is 17.1 Å². The van der Waals surface area contributed by atoms with Crippen molar-refractivity contribution in [3.63, 3.8) is 0 Å².